The Labute approximate surface area is 106 Å². The number of nitrogens with one attached hydrogen (secondary N) is 1. The van der Waals surface area contributed by atoms with Crippen molar-refractivity contribution in [2.45, 2.75) is 18.9 Å². The van der Waals surface area contributed by atoms with Crippen LogP contribution in [0.2, 0.25) is 0 Å². The maximum Gasteiger partial charge on any atom is 0.104 e. The zero-order chi connectivity index (χ0) is 11.8. The fraction of sp³-hybridized carbons (Fsp3) is 0.214. The van der Waals surface area contributed by atoms with E-state index in [1.807, 2.05) is 18.2 Å². The molecule has 0 aliphatic heterocycles. The standard InChI is InChI=1S/C14H14N2S/c15-14(17)12-7-8-13(16-9-5-6-9)11-4-2-1-3-10(11)12/h1-4,7-9,16H,5-6H2,(H2,15,17). The lowest BCUT2D eigenvalue weighted by Gasteiger charge is -2.11. The molecular weight excluding hydrogens is 228 g/mol. The Balaban J connectivity index is 2.18. The zero-order valence-electron chi connectivity index (χ0n) is 9.44. The molecule has 0 bridgehead atoms. The lowest BCUT2D eigenvalue weighted by Crippen LogP contribution is -2.10. The monoisotopic (exact) mass is 242 g/mol. The van der Waals surface area contributed by atoms with E-state index < -0.39 is 0 Å². The highest BCUT2D eigenvalue weighted by molar-refractivity contribution is 7.80. The third kappa shape index (κ3) is 1.98. The molecule has 86 valence electrons. The normalized spacial score (nSPS) is 14.8. The Morgan fingerprint density at radius 3 is 2.47 bits per heavy atom. The smallest absolute Gasteiger partial charge is 0.104 e. The molecule has 0 aromatic heterocycles. The van der Waals surface area contributed by atoms with Gasteiger partial charge in [-0.25, -0.2) is 0 Å². The van der Waals surface area contributed by atoms with Crippen LogP contribution in [0.1, 0.15) is 18.4 Å². The molecule has 0 heterocycles. The topological polar surface area (TPSA) is 38.0 Å². The number of hydrogen-bond donors (Lipinski definition) is 2. The van der Waals surface area contributed by atoms with Gasteiger partial charge in [-0.15, -0.1) is 0 Å². The van der Waals surface area contributed by atoms with E-state index in [0.29, 0.717) is 11.0 Å². The Morgan fingerprint density at radius 2 is 1.82 bits per heavy atom. The second-order valence-corrected chi connectivity index (χ2v) is 4.93. The highest BCUT2D eigenvalue weighted by Gasteiger charge is 2.21. The SMILES string of the molecule is NC(=S)c1ccc(NC2CC2)c2ccccc12. The van der Waals surface area contributed by atoms with Gasteiger partial charge in [-0.2, -0.15) is 0 Å². The number of hydrogen-bond acceptors (Lipinski definition) is 2. The van der Waals surface area contributed by atoms with Gasteiger partial charge in [-0.1, -0.05) is 36.5 Å². The van der Waals surface area contributed by atoms with Crippen molar-refractivity contribution in [2.75, 3.05) is 5.32 Å². The van der Waals surface area contributed by atoms with Crippen molar-refractivity contribution >= 4 is 33.7 Å². The molecule has 0 radical (unpaired) electrons. The summed E-state index contributed by atoms with van der Waals surface area (Å²) in [5.74, 6) is 0. The lowest BCUT2D eigenvalue weighted by molar-refractivity contribution is 1.16. The first-order valence-electron chi connectivity index (χ1n) is 5.84. The molecule has 0 saturated heterocycles. The van der Waals surface area contributed by atoms with Gasteiger partial charge in [0, 0.05) is 22.7 Å². The van der Waals surface area contributed by atoms with Gasteiger partial charge in [0.1, 0.15) is 4.99 Å². The van der Waals surface area contributed by atoms with Crippen LogP contribution in [0.3, 0.4) is 0 Å². The number of thiocarbonyl (C=S) groups is 1. The maximum absolute atomic E-state index is 5.75. The van der Waals surface area contributed by atoms with Crippen molar-refractivity contribution in [3.8, 4) is 0 Å². The van der Waals surface area contributed by atoms with E-state index in [1.54, 1.807) is 0 Å². The number of anilines is 1. The van der Waals surface area contributed by atoms with Gasteiger partial charge in [0.2, 0.25) is 0 Å². The largest absolute Gasteiger partial charge is 0.389 e. The molecule has 1 aliphatic rings. The quantitative estimate of drug-likeness (QED) is 0.812. The van der Waals surface area contributed by atoms with Gasteiger partial charge in [0.25, 0.3) is 0 Å². The molecule has 2 nitrogen and oxygen atoms in total. The first kappa shape index (κ1) is 10.5. The molecule has 3 heteroatoms. The molecule has 2 aromatic carbocycles. The van der Waals surface area contributed by atoms with E-state index in [9.17, 15) is 0 Å². The molecule has 1 saturated carbocycles. The molecule has 1 fully saturated rings. The van der Waals surface area contributed by atoms with Crippen molar-refractivity contribution in [3.05, 3.63) is 42.0 Å². The van der Waals surface area contributed by atoms with E-state index in [0.717, 1.165) is 10.9 Å². The van der Waals surface area contributed by atoms with Gasteiger partial charge in [-0.3, -0.25) is 0 Å². The predicted octanol–water partition coefficient (Wildman–Crippen LogP) is 3.05. The Kier molecular flexibility index (Phi) is 2.48. The summed E-state index contributed by atoms with van der Waals surface area (Å²) in [5, 5.41) is 5.87. The average molecular weight is 242 g/mol. The van der Waals surface area contributed by atoms with Crippen LogP contribution in [-0.2, 0) is 0 Å². The summed E-state index contributed by atoms with van der Waals surface area (Å²) in [6.07, 6.45) is 2.54. The van der Waals surface area contributed by atoms with Crippen LogP contribution in [0, 0.1) is 0 Å². The second kappa shape index (κ2) is 4.00. The summed E-state index contributed by atoms with van der Waals surface area (Å²) in [6, 6.07) is 13.0. The van der Waals surface area contributed by atoms with Crippen LogP contribution in [0.5, 0.6) is 0 Å². The van der Waals surface area contributed by atoms with Gasteiger partial charge in [0.15, 0.2) is 0 Å². The molecule has 1 aliphatic carbocycles. The molecule has 0 unspecified atom stereocenters. The molecule has 3 rings (SSSR count). The van der Waals surface area contributed by atoms with Crippen LogP contribution in [0.25, 0.3) is 10.8 Å². The van der Waals surface area contributed by atoms with Gasteiger partial charge >= 0.3 is 0 Å². The van der Waals surface area contributed by atoms with E-state index in [2.05, 4.69) is 23.5 Å². The highest BCUT2D eigenvalue weighted by atomic mass is 32.1. The first-order chi connectivity index (χ1) is 8.25. The maximum atomic E-state index is 5.75. The van der Waals surface area contributed by atoms with Crippen LogP contribution >= 0.6 is 12.2 Å². The summed E-state index contributed by atoms with van der Waals surface area (Å²) in [7, 11) is 0. The summed E-state index contributed by atoms with van der Waals surface area (Å²) in [4.78, 5) is 0.458. The summed E-state index contributed by atoms with van der Waals surface area (Å²) < 4.78 is 0. The molecule has 17 heavy (non-hydrogen) atoms. The van der Waals surface area contributed by atoms with E-state index >= 15 is 0 Å². The summed E-state index contributed by atoms with van der Waals surface area (Å²) >= 11 is 5.09. The average Bonchev–Trinajstić information content (AvgIpc) is 3.13. The Hall–Kier alpha value is -1.61. The Morgan fingerprint density at radius 1 is 1.12 bits per heavy atom. The summed E-state index contributed by atoms with van der Waals surface area (Å²) in [5.41, 5.74) is 7.89. The lowest BCUT2D eigenvalue weighted by atomic mass is 10.0. The highest BCUT2D eigenvalue weighted by Crippen LogP contribution is 2.31. The Bertz CT molecular complexity index is 588. The van der Waals surface area contributed by atoms with E-state index in [1.165, 1.54) is 23.9 Å². The zero-order valence-corrected chi connectivity index (χ0v) is 10.3. The molecule has 0 spiro atoms. The van der Waals surface area contributed by atoms with E-state index in [4.69, 9.17) is 18.0 Å². The van der Waals surface area contributed by atoms with Gasteiger partial charge < -0.3 is 11.1 Å². The number of fused-ring (bicyclic) bond motifs is 1. The fourth-order valence-corrected chi connectivity index (χ4v) is 2.27. The van der Waals surface area contributed by atoms with Crippen LogP contribution in [0.15, 0.2) is 36.4 Å². The molecule has 0 amide bonds. The minimum Gasteiger partial charge on any atom is -0.389 e. The fourth-order valence-electron chi connectivity index (χ4n) is 2.09. The second-order valence-electron chi connectivity index (χ2n) is 4.49. The summed E-state index contributed by atoms with van der Waals surface area (Å²) in [6.45, 7) is 0. The van der Waals surface area contributed by atoms with Crippen LogP contribution in [0.4, 0.5) is 5.69 Å². The number of benzene rings is 2. The number of nitrogens with two attached hydrogens (primary N) is 1. The van der Waals surface area contributed by atoms with Crippen LogP contribution in [-0.4, -0.2) is 11.0 Å². The van der Waals surface area contributed by atoms with Crippen molar-refractivity contribution in [1.82, 2.24) is 0 Å². The van der Waals surface area contributed by atoms with Crippen molar-refractivity contribution in [2.24, 2.45) is 5.73 Å². The van der Waals surface area contributed by atoms with Gasteiger partial charge in [-0.05, 0) is 30.4 Å². The van der Waals surface area contributed by atoms with Crippen molar-refractivity contribution in [1.29, 1.82) is 0 Å². The molecule has 2 aromatic rings. The minimum absolute atomic E-state index is 0.458. The van der Waals surface area contributed by atoms with Crippen LogP contribution < -0.4 is 11.1 Å². The molecule has 0 atom stereocenters. The molecular formula is C14H14N2S. The van der Waals surface area contributed by atoms with Gasteiger partial charge in [0.05, 0.1) is 0 Å². The molecule has 3 N–H and O–H groups in total. The third-order valence-electron chi connectivity index (χ3n) is 3.13. The first-order valence-corrected chi connectivity index (χ1v) is 6.24. The number of rotatable bonds is 3. The van der Waals surface area contributed by atoms with Crippen molar-refractivity contribution in [3.63, 3.8) is 0 Å². The predicted molar refractivity (Wildman–Crippen MR) is 76.5 cm³/mol. The third-order valence-corrected chi connectivity index (χ3v) is 3.35. The van der Waals surface area contributed by atoms with Crippen molar-refractivity contribution < 1.29 is 0 Å². The minimum atomic E-state index is 0.458. The van der Waals surface area contributed by atoms with E-state index in [-0.39, 0.29) is 0 Å².